The molecule has 0 radical (unpaired) electrons. The molecule has 2 aromatic rings. The van der Waals surface area contributed by atoms with Crippen LogP contribution in [0.3, 0.4) is 0 Å². The number of anilines is 1. The van der Waals surface area contributed by atoms with Crippen LogP contribution in [-0.4, -0.2) is 54.8 Å². The van der Waals surface area contributed by atoms with E-state index in [2.05, 4.69) is 10.2 Å². The summed E-state index contributed by atoms with van der Waals surface area (Å²) in [7, 11) is 2.04. The second-order valence-corrected chi connectivity index (χ2v) is 6.71. The number of amides is 2. The van der Waals surface area contributed by atoms with Crippen LogP contribution in [0.1, 0.15) is 15.9 Å². The molecular formula is C22H22N4O2. The molecule has 6 heteroatoms. The Labute approximate surface area is 164 Å². The maximum atomic E-state index is 12.6. The summed E-state index contributed by atoms with van der Waals surface area (Å²) >= 11 is 0. The topological polar surface area (TPSA) is 76.4 Å². The van der Waals surface area contributed by atoms with Gasteiger partial charge in [0.2, 0.25) is 0 Å². The Kier molecular flexibility index (Phi) is 6.20. The lowest BCUT2D eigenvalue weighted by Crippen LogP contribution is -2.47. The van der Waals surface area contributed by atoms with Gasteiger partial charge >= 0.3 is 0 Å². The highest BCUT2D eigenvalue weighted by molar-refractivity contribution is 6.09. The average Bonchev–Trinajstić information content (AvgIpc) is 2.73. The Balaban J connectivity index is 1.65. The Morgan fingerprint density at radius 1 is 1.00 bits per heavy atom. The lowest BCUT2D eigenvalue weighted by atomic mass is 10.1. The van der Waals surface area contributed by atoms with Crippen LogP contribution in [0.2, 0.25) is 0 Å². The highest BCUT2D eigenvalue weighted by Gasteiger charge is 2.20. The molecule has 2 amide bonds. The first kappa shape index (κ1) is 19.3. The molecule has 0 atom stereocenters. The van der Waals surface area contributed by atoms with Crippen molar-refractivity contribution in [2.75, 3.05) is 38.5 Å². The van der Waals surface area contributed by atoms with Gasteiger partial charge in [-0.05, 0) is 43.0 Å². The van der Waals surface area contributed by atoms with E-state index in [1.54, 1.807) is 30.3 Å². The normalized spacial score (nSPS) is 15.0. The molecule has 2 aromatic carbocycles. The Bertz CT molecular complexity index is 906. The Hall–Kier alpha value is -3.43. The van der Waals surface area contributed by atoms with Crippen molar-refractivity contribution in [1.82, 2.24) is 9.80 Å². The SMILES string of the molecule is CN1CCN(C(=O)c2ccc(NC(=O)/C(C#N)=C/c3ccccc3)cc2)CC1. The molecular weight excluding hydrogens is 352 g/mol. The van der Waals surface area contributed by atoms with E-state index in [0.717, 1.165) is 18.7 Å². The van der Waals surface area contributed by atoms with Gasteiger partial charge in [-0.25, -0.2) is 0 Å². The van der Waals surface area contributed by atoms with E-state index >= 15 is 0 Å². The third-order valence-corrected chi connectivity index (χ3v) is 4.66. The van der Waals surface area contributed by atoms with Crippen LogP contribution in [0.5, 0.6) is 0 Å². The Morgan fingerprint density at radius 3 is 2.25 bits per heavy atom. The van der Waals surface area contributed by atoms with Crippen molar-refractivity contribution in [3.05, 3.63) is 71.3 Å². The van der Waals surface area contributed by atoms with Gasteiger partial charge in [0.05, 0.1) is 0 Å². The zero-order chi connectivity index (χ0) is 19.9. The number of carbonyl (C=O) groups excluding carboxylic acids is 2. The number of carbonyl (C=O) groups is 2. The zero-order valence-corrected chi connectivity index (χ0v) is 15.8. The third-order valence-electron chi connectivity index (χ3n) is 4.66. The van der Waals surface area contributed by atoms with Crippen LogP contribution in [0.4, 0.5) is 5.69 Å². The molecule has 1 saturated heterocycles. The summed E-state index contributed by atoms with van der Waals surface area (Å²) in [5.41, 5.74) is 1.92. The summed E-state index contributed by atoms with van der Waals surface area (Å²) in [4.78, 5) is 29.0. The van der Waals surface area contributed by atoms with E-state index < -0.39 is 5.91 Å². The number of hydrogen-bond donors (Lipinski definition) is 1. The number of piperazine rings is 1. The minimum absolute atomic E-state index is 0.00679. The van der Waals surface area contributed by atoms with Gasteiger partial charge in [-0.2, -0.15) is 5.26 Å². The lowest BCUT2D eigenvalue weighted by molar-refractivity contribution is -0.112. The van der Waals surface area contributed by atoms with Gasteiger partial charge in [0, 0.05) is 37.4 Å². The predicted molar refractivity (Wildman–Crippen MR) is 109 cm³/mol. The number of hydrogen-bond acceptors (Lipinski definition) is 4. The van der Waals surface area contributed by atoms with E-state index in [4.69, 9.17) is 0 Å². The maximum Gasteiger partial charge on any atom is 0.266 e. The molecule has 0 bridgehead atoms. The van der Waals surface area contributed by atoms with E-state index in [-0.39, 0.29) is 11.5 Å². The van der Waals surface area contributed by atoms with Crippen molar-refractivity contribution in [3.63, 3.8) is 0 Å². The number of benzene rings is 2. The van der Waals surface area contributed by atoms with Crippen LogP contribution in [0.15, 0.2) is 60.2 Å². The highest BCUT2D eigenvalue weighted by atomic mass is 16.2. The number of rotatable bonds is 4. The molecule has 0 spiro atoms. The first-order chi connectivity index (χ1) is 13.6. The summed E-state index contributed by atoms with van der Waals surface area (Å²) in [6.07, 6.45) is 1.54. The van der Waals surface area contributed by atoms with Crippen LogP contribution < -0.4 is 5.32 Å². The van der Waals surface area contributed by atoms with Crippen molar-refractivity contribution in [1.29, 1.82) is 5.26 Å². The second-order valence-electron chi connectivity index (χ2n) is 6.71. The molecule has 1 aliphatic heterocycles. The van der Waals surface area contributed by atoms with Crippen LogP contribution >= 0.6 is 0 Å². The van der Waals surface area contributed by atoms with Crippen molar-refractivity contribution in [3.8, 4) is 6.07 Å². The van der Waals surface area contributed by atoms with Crippen LogP contribution in [-0.2, 0) is 4.79 Å². The minimum atomic E-state index is -0.482. The molecule has 3 rings (SSSR count). The van der Waals surface area contributed by atoms with E-state index in [0.29, 0.717) is 24.3 Å². The van der Waals surface area contributed by atoms with E-state index in [9.17, 15) is 14.9 Å². The maximum absolute atomic E-state index is 12.6. The van der Waals surface area contributed by atoms with E-state index in [1.807, 2.05) is 48.3 Å². The Morgan fingerprint density at radius 2 is 1.64 bits per heavy atom. The van der Waals surface area contributed by atoms with Gasteiger partial charge in [-0.1, -0.05) is 30.3 Å². The van der Waals surface area contributed by atoms with Gasteiger partial charge < -0.3 is 15.1 Å². The number of nitriles is 1. The molecule has 0 aromatic heterocycles. The first-order valence-corrected chi connectivity index (χ1v) is 9.13. The molecule has 6 nitrogen and oxygen atoms in total. The van der Waals surface area contributed by atoms with Crippen molar-refractivity contribution < 1.29 is 9.59 Å². The minimum Gasteiger partial charge on any atom is -0.336 e. The first-order valence-electron chi connectivity index (χ1n) is 9.13. The van der Waals surface area contributed by atoms with Crippen LogP contribution in [0.25, 0.3) is 6.08 Å². The number of nitrogens with one attached hydrogen (secondary N) is 1. The highest BCUT2D eigenvalue weighted by Crippen LogP contribution is 2.15. The molecule has 1 heterocycles. The van der Waals surface area contributed by atoms with Gasteiger partial charge in [-0.3, -0.25) is 9.59 Å². The molecule has 1 aliphatic rings. The molecule has 142 valence electrons. The molecule has 1 fully saturated rings. The molecule has 28 heavy (non-hydrogen) atoms. The summed E-state index contributed by atoms with van der Waals surface area (Å²) in [6.45, 7) is 3.16. The van der Waals surface area contributed by atoms with Crippen molar-refractivity contribution >= 4 is 23.6 Å². The summed E-state index contributed by atoms with van der Waals surface area (Å²) < 4.78 is 0. The summed E-state index contributed by atoms with van der Waals surface area (Å²) in [5.74, 6) is -0.489. The smallest absolute Gasteiger partial charge is 0.266 e. The van der Waals surface area contributed by atoms with Gasteiger partial charge in [-0.15, -0.1) is 0 Å². The quantitative estimate of drug-likeness (QED) is 0.659. The molecule has 0 unspecified atom stereocenters. The molecule has 0 saturated carbocycles. The predicted octanol–water partition coefficient (Wildman–Crippen LogP) is 2.62. The fourth-order valence-electron chi connectivity index (χ4n) is 2.95. The largest absolute Gasteiger partial charge is 0.336 e. The second kappa shape index (κ2) is 8.98. The fourth-order valence-corrected chi connectivity index (χ4v) is 2.95. The van der Waals surface area contributed by atoms with Crippen LogP contribution in [0, 0.1) is 11.3 Å². The standard InChI is InChI=1S/C22H22N4O2/c1-25-11-13-26(14-12-25)22(28)18-7-9-20(10-8-18)24-21(27)19(16-23)15-17-5-3-2-4-6-17/h2-10,15H,11-14H2,1H3,(H,24,27)/b19-15+. The number of likely N-dealkylation sites (N-methyl/N-ethyl adjacent to an activating group) is 1. The van der Waals surface area contributed by atoms with Crippen molar-refractivity contribution in [2.45, 2.75) is 0 Å². The van der Waals surface area contributed by atoms with Gasteiger partial charge in [0.25, 0.3) is 11.8 Å². The zero-order valence-electron chi connectivity index (χ0n) is 15.8. The van der Waals surface area contributed by atoms with Crippen molar-refractivity contribution in [2.24, 2.45) is 0 Å². The average molecular weight is 374 g/mol. The molecule has 0 aliphatic carbocycles. The monoisotopic (exact) mass is 374 g/mol. The number of nitrogens with zero attached hydrogens (tertiary/aromatic N) is 3. The lowest BCUT2D eigenvalue weighted by Gasteiger charge is -2.32. The third kappa shape index (κ3) is 4.84. The summed E-state index contributed by atoms with van der Waals surface area (Å²) in [5, 5.41) is 12.0. The summed E-state index contributed by atoms with van der Waals surface area (Å²) in [6, 6.07) is 17.9. The van der Waals surface area contributed by atoms with E-state index in [1.165, 1.54) is 0 Å². The van der Waals surface area contributed by atoms with Gasteiger partial charge in [0.15, 0.2) is 0 Å². The van der Waals surface area contributed by atoms with Gasteiger partial charge in [0.1, 0.15) is 11.6 Å². The molecule has 1 N–H and O–H groups in total. The fraction of sp³-hybridized carbons (Fsp3) is 0.227.